The fourth-order valence-corrected chi connectivity index (χ4v) is 2.44. The number of hydrogen-bond donors (Lipinski definition) is 3. The van der Waals surface area contributed by atoms with Gasteiger partial charge >= 0.3 is 0 Å². The van der Waals surface area contributed by atoms with Crippen molar-refractivity contribution in [2.24, 2.45) is 0 Å². The Bertz CT molecular complexity index is 901. The second-order valence-electron chi connectivity index (χ2n) is 5.27. The Morgan fingerprint density at radius 3 is 2.78 bits per heavy atom. The molecule has 0 atom stereocenters. The molecule has 2 aromatic heterocycles. The van der Waals surface area contributed by atoms with Gasteiger partial charge < -0.3 is 15.7 Å². The molecular weight excluding hydrogens is 294 g/mol. The van der Waals surface area contributed by atoms with Crippen molar-refractivity contribution < 1.29 is 9.90 Å². The first-order valence-electron chi connectivity index (χ1n) is 7.13. The van der Waals surface area contributed by atoms with Crippen molar-refractivity contribution in [2.75, 3.05) is 12.4 Å². The molecule has 7 heteroatoms. The molecule has 0 bridgehead atoms. The van der Waals surface area contributed by atoms with Crippen LogP contribution in [-0.4, -0.2) is 32.7 Å². The average Bonchev–Trinajstić information content (AvgIpc) is 2.88. The molecule has 0 aliphatic rings. The number of rotatable bonds is 3. The molecule has 7 nitrogen and oxygen atoms in total. The van der Waals surface area contributed by atoms with Crippen molar-refractivity contribution in [2.45, 2.75) is 13.8 Å². The number of amides is 1. The third-order valence-electron chi connectivity index (χ3n) is 3.77. The first-order valence-corrected chi connectivity index (χ1v) is 7.13. The Hall–Kier alpha value is -3.09. The van der Waals surface area contributed by atoms with E-state index < -0.39 is 0 Å². The Labute approximate surface area is 133 Å². The van der Waals surface area contributed by atoms with E-state index in [1.54, 1.807) is 23.8 Å². The van der Waals surface area contributed by atoms with Crippen molar-refractivity contribution in [3.05, 3.63) is 47.4 Å². The van der Waals surface area contributed by atoms with Gasteiger partial charge in [0.2, 0.25) is 0 Å². The maximum Gasteiger partial charge on any atom is 0.252 e. The summed E-state index contributed by atoms with van der Waals surface area (Å²) in [4.78, 5) is 16.2. The lowest BCUT2D eigenvalue weighted by Gasteiger charge is -2.09. The van der Waals surface area contributed by atoms with E-state index >= 15 is 0 Å². The predicted octanol–water partition coefficient (Wildman–Crippen LogP) is 2.15. The molecule has 23 heavy (non-hydrogen) atoms. The van der Waals surface area contributed by atoms with E-state index in [1.807, 2.05) is 26.0 Å². The van der Waals surface area contributed by atoms with E-state index in [9.17, 15) is 9.90 Å². The number of nitrogens with zero attached hydrogens (tertiary/aromatic N) is 3. The topological polar surface area (TPSA) is 91.6 Å². The first-order chi connectivity index (χ1) is 11.0. The number of aromatic nitrogens is 3. The quantitative estimate of drug-likeness (QED) is 0.689. The van der Waals surface area contributed by atoms with Crippen molar-refractivity contribution in [1.29, 1.82) is 0 Å². The van der Waals surface area contributed by atoms with Gasteiger partial charge in [-0.2, -0.15) is 5.10 Å². The van der Waals surface area contributed by atoms with Crippen molar-refractivity contribution in [3.63, 3.8) is 0 Å². The van der Waals surface area contributed by atoms with Gasteiger partial charge in [0, 0.05) is 25.0 Å². The molecule has 1 aromatic carbocycles. The van der Waals surface area contributed by atoms with Crippen LogP contribution in [0.5, 0.6) is 5.75 Å². The molecule has 118 valence electrons. The summed E-state index contributed by atoms with van der Waals surface area (Å²) in [5, 5.41) is 19.7. The molecule has 0 saturated carbocycles. The van der Waals surface area contributed by atoms with E-state index in [0.29, 0.717) is 22.6 Å². The van der Waals surface area contributed by atoms with Crippen LogP contribution in [0.4, 0.5) is 11.5 Å². The molecule has 0 radical (unpaired) electrons. The van der Waals surface area contributed by atoms with E-state index in [0.717, 1.165) is 11.1 Å². The van der Waals surface area contributed by atoms with Gasteiger partial charge in [-0.1, -0.05) is 6.07 Å². The molecule has 3 rings (SSSR count). The molecule has 0 unspecified atom stereocenters. The van der Waals surface area contributed by atoms with E-state index in [2.05, 4.69) is 20.7 Å². The van der Waals surface area contributed by atoms with Gasteiger partial charge in [-0.3, -0.25) is 4.79 Å². The number of carbonyl (C=O) groups is 1. The maximum atomic E-state index is 11.9. The van der Waals surface area contributed by atoms with Gasteiger partial charge in [0.15, 0.2) is 5.82 Å². The number of phenols is 1. The molecule has 0 aliphatic carbocycles. The second-order valence-corrected chi connectivity index (χ2v) is 5.27. The first kappa shape index (κ1) is 14.8. The second kappa shape index (κ2) is 5.60. The molecule has 1 amide bonds. The van der Waals surface area contributed by atoms with E-state index in [4.69, 9.17) is 0 Å². The number of phenolic OH excluding ortho intramolecular Hbond substituents is 1. The third kappa shape index (κ3) is 2.57. The van der Waals surface area contributed by atoms with Crippen LogP contribution in [0.15, 0.2) is 30.7 Å². The zero-order chi connectivity index (χ0) is 16.6. The van der Waals surface area contributed by atoms with Crippen LogP contribution in [0.3, 0.4) is 0 Å². The highest BCUT2D eigenvalue weighted by atomic mass is 16.3. The predicted molar refractivity (Wildman–Crippen MR) is 87.2 cm³/mol. The monoisotopic (exact) mass is 311 g/mol. The summed E-state index contributed by atoms with van der Waals surface area (Å²) >= 11 is 0. The van der Waals surface area contributed by atoms with Gasteiger partial charge in [0.1, 0.15) is 17.6 Å². The van der Waals surface area contributed by atoms with Crippen LogP contribution in [0.2, 0.25) is 0 Å². The summed E-state index contributed by atoms with van der Waals surface area (Å²) < 4.78 is 1.61. The number of nitrogens with one attached hydrogen (secondary N) is 2. The number of hydrogen-bond acceptors (Lipinski definition) is 5. The largest absolute Gasteiger partial charge is 0.508 e. The minimum absolute atomic E-state index is 0.174. The average molecular weight is 311 g/mol. The maximum absolute atomic E-state index is 11.9. The van der Waals surface area contributed by atoms with Crippen LogP contribution in [0, 0.1) is 13.8 Å². The lowest BCUT2D eigenvalue weighted by Crippen LogP contribution is -2.17. The zero-order valence-corrected chi connectivity index (χ0v) is 13.1. The summed E-state index contributed by atoms with van der Waals surface area (Å²) in [7, 11) is 1.59. The lowest BCUT2D eigenvalue weighted by atomic mass is 10.1. The smallest absolute Gasteiger partial charge is 0.252 e. The van der Waals surface area contributed by atoms with Crippen LogP contribution in [0.25, 0.3) is 5.52 Å². The SMILES string of the molecule is CNC(=O)c1cn2ncnc(Nc3ccc(C)c(O)c3)c2c1C. The summed E-state index contributed by atoms with van der Waals surface area (Å²) in [5.74, 6) is 0.598. The number of benzene rings is 1. The van der Waals surface area contributed by atoms with Crippen molar-refractivity contribution >= 4 is 22.9 Å². The molecule has 3 N–H and O–H groups in total. The van der Waals surface area contributed by atoms with Gasteiger partial charge in [0.25, 0.3) is 5.91 Å². The number of aromatic hydroxyl groups is 1. The van der Waals surface area contributed by atoms with Crippen LogP contribution in [0.1, 0.15) is 21.5 Å². The Kier molecular flexibility index (Phi) is 3.61. The molecule has 0 spiro atoms. The minimum Gasteiger partial charge on any atom is -0.508 e. The molecule has 0 aliphatic heterocycles. The van der Waals surface area contributed by atoms with Crippen molar-refractivity contribution in [1.82, 2.24) is 19.9 Å². The fourth-order valence-electron chi connectivity index (χ4n) is 2.44. The minimum atomic E-state index is -0.174. The van der Waals surface area contributed by atoms with Gasteiger partial charge in [0.05, 0.1) is 5.56 Å². The summed E-state index contributed by atoms with van der Waals surface area (Å²) in [6, 6.07) is 5.30. The van der Waals surface area contributed by atoms with Crippen molar-refractivity contribution in [3.8, 4) is 5.75 Å². The van der Waals surface area contributed by atoms with Gasteiger partial charge in [-0.15, -0.1) is 0 Å². The number of carbonyl (C=O) groups excluding carboxylic acids is 1. The van der Waals surface area contributed by atoms with Crippen LogP contribution in [-0.2, 0) is 0 Å². The van der Waals surface area contributed by atoms with E-state index in [-0.39, 0.29) is 11.7 Å². The van der Waals surface area contributed by atoms with Crippen LogP contribution < -0.4 is 10.6 Å². The van der Waals surface area contributed by atoms with Gasteiger partial charge in [-0.05, 0) is 31.0 Å². The highest BCUT2D eigenvalue weighted by Gasteiger charge is 2.17. The summed E-state index contributed by atoms with van der Waals surface area (Å²) in [6.07, 6.45) is 3.08. The Morgan fingerprint density at radius 1 is 1.30 bits per heavy atom. The highest BCUT2D eigenvalue weighted by Crippen LogP contribution is 2.27. The zero-order valence-electron chi connectivity index (χ0n) is 13.1. The van der Waals surface area contributed by atoms with E-state index in [1.165, 1.54) is 6.33 Å². The summed E-state index contributed by atoms with van der Waals surface area (Å²) in [5.41, 5.74) is 3.54. The molecule has 0 fully saturated rings. The number of aryl methyl sites for hydroxylation is 2. The Balaban J connectivity index is 2.08. The number of anilines is 2. The fraction of sp³-hybridized carbons (Fsp3) is 0.188. The molecule has 0 saturated heterocycles. The highest BCUT2D eigenvalue weighted by molar-refractivity contribution is 5.99. The standard InChI is InChI=1S/C16H17N5O2/c1-9-4-5-11(6-13(9)22)20-15-14-10(2)12(16(23)17-3)7-21(14)19-8-18-15/h4-8,22H,1-3H3,(H,17,23)(H,18,19,20). The normalized spacial score (nSPS) is 10.7. The van der Waals surface area contributed by atoms with Crippen LogP contribution >= 0.6 is 0 Å². The van der Waals surface area contributed by atoms with Gasteiger partial charge in [-0.25, -0.2) is 9.50 Å². The molecule has 2 heterocycles. The number of fused-ring (bicyclic) bond motifs is 1. The molecular formula is C16H17N5O2. The Morgan fingerprint density at radius 2 is 2.09 bits per heavy atom. The third-order valence-corrected chi connectivity index (χ3v) is 3.77. The lowest BCUT2D eigenvalue weighted by molar-refractivity contribution is 0.0962. The summed E-state index contributed by atoms with van der Waals surface area (Å²) in [6.45, 7) is 3.68. The molecule has 3 aromatic rings.